The van der Waals surface area contributed by atoms with Gasteiger partial charge in [0.2, 0.25) is 5.91 Å². The Hall–Kier alpha value is -2.60. The molecule has 2 amide bonds. The number of likely N-dealkylation sites (tertiary alicyclic amines) is 2. The zero-order valence-corrected chi connectivity index (χ0v) is 16.2. The lowest BCUT2D eigenvalue weighted by Crippen LogP contribution is -2.47. The van der Waals surface area contributed by atoms with Crippen LogP contribution >= 0.6 is 0 Å². The van der Waals surface area contributed by atoms with E-state index >= 15 is 0 Å². The van der Waals surface area contributed by atoms with Crippen molar-refractivity contribution in [3.05, 3.63) is 42.0 Å². The Morgan fingerprint density at radius 1 is 1.14 bits per heavy atom. The average Bonchev–Trinajstić information content (AvgIpc) is 3.35. The van der Waals surface area contributed by atoms with E-state index < -0.39 is 6.04 Å². The molecule has 2 aromatic rings. The van der Waals surface area contributed by atoms with Crippen molar-refractivity contribution in [2.45, 2.75) is 25.3 Å². The molecule has 2 unspecified atom stereocenters. The Morgan fingerprint density at radius 2 is 1.96 bits per heavy atom. The first-order valence-corrected chi connectivity index (χ1v) is 10.0. The fraction of sp³-hybridized carbons (Fsp3) is 0.455. The van der Waals surface area contributed by atoms with E-state index in [4.69, 9.17) is 0 Å². The van der Waals surface area contributed by atoms with Crippen LogP contribution in [-0.2, 0) is 4.79 Å². The Morgan fingerprint density at radius 3 is 2.75 bits per heavy atom. The van der Waals surface area contributed by atoms with Gasteiger partial charge in [-0.3, -0.25) is 9.59 Å². The van der Waals surface area contributed by atoms with Crippen LogP contribution in [0.2, 0.25) is 0 Å². The fourth-order valence-electron chi connectivity index (χ4n) is 4.42. The van der Waals surface area contributed by atoms with Crippen LogP contribution in [0.15, 0.2) is 36.4 Å². The number of hydrogen-bond acceptors (Lipinski definition) is 4. The number of amides is 2. The summed E-state index contributed by atoms with van der Waals surface area (Å²) in [6.45, 7) is 3.26. The number of carbonyl (C=O) groups excluding carboxylic acids is 2. The predicted octanol–water partition coefficient (Wildman–Crippen LogP) is 2.22. The highest BCUT2D eigenvalue weighted by Crippen LogP contribution is 2.31. The van der Waals surface area contributed by atoms with Crippen molar-refractivity contribution < 1.29 is 14.7 Å². The maximum atomic E-state index is 13.1. The molecule has 4 rings (SSSR count). The van der Waals surface area contributed by atoms with Gasteiger partial charge in [0.05, 0.1) is 5.56 Å². The van der Waals surface area contributed by atoms with Crippen LogP contribution in [0.4, 0.5) is 0 Å². The van der Waals surface area contributed by atoms with Crippen molar-refractivity contribution in [2.75, 3.05) is 33.2 Å². The zero-order valence-electron chi connectivity index (χ0n) is 16.2. The van der Waals surface area contributed by atoms with Gasteiger partial charge in [-0.2, -0.15) is 0 Å². The summed E-state index contributed by atoms with van der Waals surface area (Å²) in [5.74, 6) is 0.106. The molecular formula is C22H27N3O3. The molecule has 28 heavy (non-hydrogen) atoms. The molecule has 0 radical (unpaired) electrons. The lowest BCUT2D eigenvalue weighted by molar-refractivity contribution is -0.125. The molecule has 2 heterocycles. The molecular weight excluding hydrogens is 354 g/mol. The van der Waals surface area contributed by atoms with Crippen molar-refractivity contribution >= 4 is 22.6 Å². The van der Waals surface area contributed by atoms with Crippen molar-refractivity contribution in [1.29, 1.82) is 0 Å². The molecule has 0 saturated carbocycles. The molecule has 2 fully saturated rings. The molecule has 0 aliphatic carbocycles. The minimum absolute atomic E-state index is 0.0110. The maximum Gasteiger partial charge on any atom is 0.258 e. The van der Waals surface area contributed by atoms with Crippen LogP contribution < -0.4 is 5.32 Å². The smallest absolute Gasteiger partial charge is 0.258 e. The summed E-state index contributed by atoms with van der Waals surface area (Å²) in [4.78, 5) is 29.7. The van der Waals surface area contributed by atoms with Gasteiger partial charge >= 0.3 is 0 Å². The first-order valence-electron chi connectivity index (χ1n) is 10.0. The molecule has 2 atom stereocenters. The van der Waals surface area contributed by atoms with Crippen LogP contribution in [0.3, 0.4) is 0 Å². The van der Waals surface area contributed by atoms with Gasteiger partial charge in [0, 0.05) is 25.0 Å². The number of aromatic hydroxyl groups is 1. The van der Waals surface area contributed by atoms with Gasteiger partial charge in [0.15, 0.2) is 0 Å². The number of carbonyl (C=O) groups is 2. The molecule has 2 N–H and O–H groups in total. The summed E-state index contributed by atoms with van der Waals surface area (Å²) in [5, 5.41) is 15.2. The second kappa shape index (κ2) is 7.80. The van der Waals surface area contributed by atoms with Crippen molar-refractivity contribution in [1.82, 2.24) is 15.1 Å². The predicted molar refractivity (Wildman–Crippen MR) is 108 cm³/mol. The van der Waals surface area contributed by atoms with E-state index in [0.29, 0.717) is 30.8 Å². The summed E-state index contributed by atoms with van der Waals surface area (Å²) < 4.78 is 0. The van der Waals surface area contributed by atoms with Gasteiger partial charge in [-0.1, -0.05) is 30.3 Å². The number of nitrogens with one attached hydrogen (secondary N) is 1. The summed E-state index contributed by atoms with van der Waals surface area (Å²) in [7, 11) is 2.09. The number of phenolic OH excluding ortho intramolecular Hbond substituents is 1. The monoisotopic (exact) mass is 381 g/mol. The van der Waals surface area contributed by atoms with Crippen LogP contribution in [0, 0.1) is 5.92 Å². The minimum Gasteiger partial charge on any atom is -0.506 e. The molecule has 2 aromatic carbocycles. The maximum absolute atomic E-state index is 13.1. The minimum atomic E-state index is -0.461. The SMILES string of the molecule is CN1CCC(CNC(=O)C2CCCN2C(=O)c2ccc3ccccc3c2O)C1. The third-order valence-electron chi connectivity index (χ3n) is 6.00. The number of phenols is 1. The van der Waals surface area contributed by atoms with Gasteiger partial charge < -0.3 is 20.2 Å². The molecule has 0 aromatic heterocycles. The van der Waals surface area contributed by atoms with E-state index in [2.05, 4.69) is 17.3 Å². The molecule has 0 spiro atoms. The van der Waals surface area contributed by atoms with Gasteiger partial charge in [-0.25, -0.2) is 0 Å². The molecule has 6 heteroatoms. The third-order valence-corrected chi connectivity index (χ3v) is 6.00. The molecule has 0 bridgehead atoms. The number of rotatable bonds is 4. The van der Waals surface area contributed by atoms with E-state index in [-0.39, 0.29) is 23.1 Å². The first-order chi connectivity index (χ1) is 13.5. The molecule has 148 valence electrons. The van der Waals surface area contributed by atoms with Gasteiger partial charge in [0.25, 0.3) is 5.91 Å². The standard InChI is InChI=1S/C22H27N3O3/c1-24-12-10-15(14-24)13-23-21(27)19-7-4-11-25(19)22(28)18-9-8-16-5-2-3-6-17(16)20(18)26/h2-3,5-6,8-9,15,19,26H,4,7,10-14H2,1H3,(H,23,27). The molecule has 6 nitrogen and oxygen atoms in total. The number of fused-ring (bicyclic) bond motifs is 1. The molecule has 2 aliphatic rings. The zero-order chi connectivity index (χ0) is 19.7. The van der Waals surface area contributed by atoms with E-state index in [1.54, 1.807) is 17.0 Å². The van der Waals surface area contributed by atoms with Crippen LogP contribution in [0.25, 0.3) is 10.8 Å². The molecule has 2 aliphatic heterocycles. The second-order valence-electron chi connectivity index (χ2n) is 8.00. The van der Waals surface area contributed by atoms with Crippen molar-refractivity contribution in [3.8, 4) is 5.75 Å². The third kappa shape index (κ3) is 3.56. The van der Waals surface area contributed by atoms with Gasteiger partial charge in [0.1, 0.15) is 11.8 Å². The normalized spacial score (nSPS) is 22.7. The van der Waals surface area contributed by atoms with Crippen LogP contribution in [-0.4, -0.2) is 66.0 Å². The highest BCUT2D eigenvalue weighted by Gasteiger charge is 2.36. The Labute approximate surface area is 165 Å². The quantitative estimate of drug-likeness (QED) is 0.852. The lowest BCUT2D eigenvalue weighted by atomic mass is 10.0. The average molecular weight is 381 g/mol. The fourth-order valence-corrected chi connectivity index (χ4v) is 4.42. The van der Waals surface area contributed by atoms with Crippen molar-refractivity contribution in [2.24, 2.45) is 5.92 Å². The Bertz CT molecular complexity index is 898. The largest absolute Gasteiger partial charge is 0.506 e. The topological polar surface area (TPSA) is 72.9 Å². The number of nitrogens with zero attached hydrogens (tertiary/aromatic N) is 2. The Kier molecular flexibility index (Phi) is 5.22. The van der Waals surface area contributed by atoms with E-state index in [0.717, 1.165) is 31.3 Å². The summed E-state index contributed by atoms with van der Waals surface area (Å²) in [5.41, 5.74) is 0.260. The highest BCUT2D eigenvalue weighted by molar-refractivity contribution is 6.05. The first kappa shape index (κ1) is 18.7. The van der Waals surface area contributed by atoms with Gasteiger partial charge in [-0.15, -0.1) is 0 Å². The summed E-state index contributed by atoms with van der Waals surface area (Å²) in [6.07, 6.45) is 2.55. The molecule has 2 saturated heterocycles. The number of hydrogen-bond donors (Lipinski definition) is 2. The Balaban J connectivity index is 1.47. The van der Waals surface area contributed by atoms with Crippen LogP contribution in [0.1, 0.15) is 29.6 Å². The van der Waals surface area contributed by atoms with Crippen molar-refractivity contribution in [3.63, 3.8) is 0 Å². The lowest BCUT2D eigenvalue weighted by Gasteiger charge is -2.25. The van der Waals surface area contributed by atoms with E-state index in [9.17, 15) is 14.7 Å². The summed E-state index contributed by atoms with van der Waals surface area (Å²) >= 11 is 0. The highest BCUT2D eigenvalue weighted by atomic mass is 16.3. The summed E-state index contributed by atoms with van der Waals surface area (Å²) in [6, 6.07) is 10.5. The second-order valence-corrected chi connectivity index (χ2v) is 8.00. The number of benzene rings is 2. The van der Waals surface area contributed by atoms with Crippen LogP contribution in [0.5, 0.6) is 5.75 Å². The van der Waals surface area contributed by atoms with E-state index in [1.807, 2.05) is 24.3 Å². The van der Waals surface area contributed by atoms with E-state index in [1.165, 1.54) is 0 Å². The van der Waals surface area contributed by atoms with Gasteiger partial charge in [-0.05, 0) is 50.2 Å².